The standard InChI is InChI=1S/C15H16FN3O/c16-13-3-1-11(2-4-13)5-7-19-15(20)12-6-8-18-14(9-12)10-17/h1-4,6,8-9H,5,7,10,17H2,(H,19,20). The van der Waals surface area contributed by atoms with Gasteiger partial charge in [0.05, 0.1) is 5.69 Å². The second kappa shape index (κ2) is 6.77. The highest BCUT2D eigenvalue weighted by Gasteiger charge is 2.05. The first-order chi connectivity index (χ1) is 9.69. The van der Waals surface area contributed by atoms with Crippen LogP contribution >= 0.6 is 0 Å². The summed E-state index contributed by atoms with van der Waals surface area (Å²) < 4.78 is 12.7. The number of carbonyl (C=O) groups excluding carboxylic acids is 1. The van der Waals surface area contributed by atoms with E-state index in [1.807, 2.05) is 0 Å². The lowest BCUT2D eigenvalue weighted by Crippen LogP contribution is -2.26. The van der Waals surface area contributed by atoms with Crippen molar-refractivity contribution in [1.29, 1.82) is 0 Å². The molecule has 104 valence electrons. The number of hydrogen-bond acceptors (Lipinski definition) is 3. The number of benzene rings is 1. The van der Waals surface area contributed by atoms with E-state index in [1.165, 1.54) is 12.1 Å². The van der Waals surface area contributed by atoms with Crippen LogP contribution in [0.3, 0.4) is 0 Å². The topological polar surface area (TPSA) is 68.0 Å². The quantitative estimate of drug-likeness (QED) is 0.870. The fraction of sp³-hybridized carbons (Fsp3) is 0.200. The van der Waals surface area contributed by atoms with Crippen LogP contribution in [0.25, 0.3) is 0 Å². The molecule has 1 aromatic carbocycles. The molecular weight excluding hydrogens is 257 g/mol. The summed E-state index contributed by atoms with van der Waals surface area (Å²) in [5, 5.41) is 2.81. The summed E-state index contributed by atoms with van der Waals surface area (Å²) >= 11 is 0. The van der Waals surface area contributed by atoms with Gasteiger partial charge in [0.1, 0.15) is 5.82 Å². The molecule has 0 radical (unpaired) electrons. The van der Waals surface area contributed by atoms with Crippen LogP contribution in [0.1, 0.15) is 21.6 Å². The number of nitrogens with one attached hydrogen (secondary N) is 1. The Morgan fingerprint density at radius 3 is 2.70 bits per heavy atom. The van der Waals surface area contributed by atoms with E-state index in [-0.39, 0.29) is 11.7 Å². The van der Waals surface area contributed by atoms with Crippen LogP contribution in [0.2, 0.25) is 0 Å². The molecule has 0 saturated heterocycles. The second-order valence-corrected chi connectivity index (χ2v) is 4.37. The number of nitrogens with zero attached hydrogens (tertiary/aromatic N) is 1. The lowest BCUT2D eigenvalue weighted by molar-refractivity contribution is 0.0954. The Hall–Kier alpha value is -2.27. The van der Waals surface area contributed by atoms with Crippen molar-refractivity contribution in [2.45, 2.75) is 13.0 Å². The third-order valence-corrected chi connectivity index (χ3v) is 2.90. The molecule has 2 aromatic rings. The summed E-state index contributed by atoms with van der Waals surface area (Å²) in [6, 6.07) is 9.56. The van der Waals surface area contributed by atoms with Crippen LogP contribution in [-0.4, -0.2) is 17.4 Å². The van der Waals surface area contributed by atoms with E-state index < -0.39 is 0 Å². The number of aromatic nitrogens is 1. The van der Waals surface area contributed by atoms with Crippen molar-refractivity contribution in [2.24, 2.45) is 5.73 Å². The molecule has 0 spiro atoms. The van der Waals surface area contributed by atoms with E-state index in [4.69, 9.17) is 5.73 Å². The van der Waals surface area contributed by atoms with E-state index in [9.17, 15) is 9.18 Å². The van der Waals surface area contributed by atoms with E-state index in [1.54, 1.807) is 30.5 Å². The van der Waals surface area contributed by atoms with Crippen LogP contribution in [0.4, 0.5) is 4.39 Å². The zero-order valence-electron chi connectivity index (χ0n) is 11.0. The number of pyridine rings is 1. The van der Waals surface area contributed by atoms with Crippen molar-refractivity contribution in [2.75, 3.05) is 6.54 Å². The SMILES string of the molecule is NCc1cc(C(=O)NCCc2ccc(F)cc2)ccn1. The van der Waals surface area contributed by atoms with E-state index in [0.717, 1.165) is 5.56 Å². The molecule has 0 aliphatic rings. The number of carbonyl (C=O) groups is 1. The van der Waals surface area contributed by atoms with Gasteiger partial charge in [-0.2, -0.15) is 0 Å². The smallest absolute Gasteiger partial charge is 0.251 e. The van der Waals surface area contributed by atoms with Gasteiger partial charge in [0, 0.05) is 24.8 Å². The van der Waals surface area contributed by atoms with Crippen LogP contribution in [0, 0.1) is 5.82 Å². The molecule has 3 N–H and O–H groups in total. The van der Waals surface area contributed by atoms with E-state index >= 15 is 0 Å². The largest absolute Gasteiger partial charge is 0.352 e. The third kappa shape index (κ3) is 3.86. The van der Waals surface area contributed by atoms with E-state index in [0.29, 0.717) is 30.8 Å². The Balaban J connectivity index is 1.87. The predicted molar refractivity (Wildman–Crippen MR) is 74.6 cm³/mol. The molecule has 4 nitrogen and oxygen atoms in total. The molecule has 0 fully saturated rings. The molecule has 0 unspecified atom stereocenters. The van der Waals surface area contributed by atoms with Gasteiger partial charge in [-0.05, 0) is 36.2 Å². The Morgan fingerprint density at radius 2 is 2.00 bits per heavy atom. The van der Waals surface area contributed by atoms with Crippen molar-refractivity contribution in [1.82, 2.24) is 10.3 Å². The summed E-state index contributed by atoms with van der Waals surface area (Å²) in [6.07, 6.45) is 2.22. The molecule has 1 aromatic heterocycles. The van der Waals surface area contributed by atoms with Gasteiger partial charge >= 0.3 is 0 Å². The maximum Gasteiger partial charge on any atom is 0.251 e. The Kier molecular flexibility index (Phi) is 4.79. The average Bonchev–Trinajstić information content (AvgIpc) is 2.49. The fourth-order valence-electron chi connectivity index (χ4n) is 1.80. The van der Waals surface area contributed by atoms with Gasteiger partial charge in [0.15, 0.2) is 0 Å². The molecule has 0 bridgehead atoms. The number of hydrogen-bond donors (Lipinski definition) is 2. The summed E-state index contributed by atoms with van der Waals surface area (Å²) in [4.78, 5) is 16.0. The van der Waals surface area contributed by atoms with Crippen LogP contribution < -0.4 is 11.1 Å². The molecule has 0 aliphatic carbocycles. The highest BCUT2D eigenvalue weighted by Crippen LogP contribution is 2.04. The van der Waals surface area contributed by atoms with Gasteiger partial charge in [-0.3, -0.25) is 9.78 Å². The Morgan fingerprint density at radius 1 is 1.25 bits per heavy atom. The van der Waals surface area contributed by atoms with Crippen LogP contribution in [-0.2, 0) is 13.0 Å². The van der Waals surface area contributed by atoms with Crippen molar-refractivity contribution in [3.05, 3.63) is 65.2 Å². The third-order valence-electron chi connectivity index (χ3n) is 2.90. The van der Waals surface area contributed by atoms with Crippen LogP contribution in [0.15, 0.2) is 42.6 Å². The second-order valence-electron chi connectivity index (χ2n) is 4.37. The minimum atomic E-state index is -0.260. The Bertz CT molecular complexity index is 584. The highest BCUT2D eigenvalue weighted by atomic mass is 19.1. The molecule has 5 heteroatoms. The minimum absolute atomic E-state index is 0.163. The fourth-order valence-corrected chi connectivity index (χ4v) is 1.80. The molecule has 0 atom stereocenters. The predicted octanol–water partition coefficient (Wildman–Crippen LogP) is 1.65. The summed E-state index contributed by atoms with van der Waals surface area (Å²) in [5.74, 6) is -0.423. The lowest BCUT2D eigenvalue weighted by Gasteiger charge is -2.06. The van der Waals surface area contributed by atoms with Gasteiger partial charge in [0.25, 0.3) is 5.91 Å². The average molecular weight is 273 g/mol. The number of amides is 1. The first kappa shape index (κ1) is 14.1. The van der Waals surface area contributed by atoms with Crippen molar-refractivity contribution in [3.63, 3.8) is 0 Å². The molecule has 1 amide bonds. The van der Waals surface area contributed by atoms with Crippen LogP contribution in [0.5, 0.6) is 0 Å². The Labute approximate surface area is 116 Å². The van der Waals surface area contributed by atoms with Crippen molar-refractivity contribution >= 4 is 5.91 Å². The molecule has 0 saturated carbocycles. The van der Waals surface area contributed by atoms with Crippen molar-refractivity contribution in [3.8, 4) is 0 Å². The number of rotatable bonds is 5. The normalized spacial score (nSPS) is 10.3. The molecule has 20 heavy (non-hydrogen) atoms. The number of nitrogens with two attached hydrogens (primary N) is 1. The zero-order valence-corrected chi connectivity index (χ0v) is 11.0. The van der Waals surface area contributed by atoms with Gasteiger partial charge in [-0.1, -0.05) is 12.1 Å². The maximum absolute atomic E-state index is 12.7. The van der Waals surface area contributed by atoms with Gasteiger partial charge in [-0.25, -0.2) is 4.39 Å². The highest BCUT2D eigenvalue weighted by molar-refractivity contribution is 5.94. The molecule has 0 aliphatic heterocycles. The minimum Gasteiger partial charge on any atom is -0.352 e. The monoisotopic (exact) mass is 273 g/mol. The maximum atomic E-state index is 12.7. The van der Waals surface area contributed by atoms with Gasteiger partial charge in [-0.15, -0.1) is 0 Å². The zero-order chi connectivity index (χ0) is 14.4. The van der Waals surface area contributed by atoms with Gasteiger partial charge < -0.3 is 11.1 Å². The molecule has 2 rings (SSSR count). The number of halogens is 1. The first-order valence-electron chi connectivity index (χ1n) is 6.36. The van der Waals surface area contributed by atoms with Crippen molar-refractivity contribution < 1.29 is 9.18 Å². The summed E-state index contributed by atoms with van der Waals surface area (Å²) in [7, 11) is 0. The first-order valence-corrected chi connectivity index (χ1v) is 6.36. The summed E-state index contributed by atoms with van der Waals surface area (Å²) in [6.45, 7) is 0.793. The summed E-state index contributed by atoms with van der Waals surface area (Å²) in [5.41, 5.74) is 7.68. The van der Waals surface area contributed by atoms with E-state index in [2.05, 4.69) is 10.3 Å². The van der Waals surface area contributed by atoms with Gasteiger partial charge in [0.2, 0.25) is 0 Å². The molecular formula is C15H16FN3O. The molecule has 1 heterocycles. The lowest BCUT2D eigenvalue weighted by atomic mass is 10.1.